The molecule has 0 aliphatic carbocycles. The summed E-state index contributed by atoms with van der Waals surface area (Å²) in [4.78, 5) is 14.2. The van der Waals surface area contributed by atoms with Crippen LogP contribution >= 0.6 is 27.3 Å². The number of hydrogen-bond acceptors (Lipinski definition) is 3. The first-order valence-corrected chi connectivity index (χ1v) is 6.90. The Bertz CT molecular complexity index is 518. The summed E-state index contributed by atoms with van der Waals surface area (Å²) < 4.78 is 5.58. The molecule has 0 aliphatic heterocycles. The van der Waals surface area contributed by atoms with Gasteiger partial charge in [0.05, 0.1) is 12.1 Å². The zero-order chi connectivity index (χ0) is 12.3. The average Bonchev–Trinajstić information content (AvgIpc) is 2.94. The van der Waals surface area contributed by atoms with Crippen LogP contribution in [0.4, 0.5) is 0 Å². The maximum atomic E-state index is 11.7. The van der Waals surface area contributed by atoms with Crippen molar-refractivity contribution in [3.05, 3.63) is 44.4 Å². The van der Waals surface area contributed by atoms with Gasteiger partial charge in [0.25, 0.3) is 5.91 Å². The van der Waals surface area contributed by atoms with Gasteiger partial charge in [-0.25, -0.2) is 0 Å². The molecular weight excluding hydrogens is 302 g/mol. The number of aryl methyl sites for hydroxylation is 1. The molecule has 90 valence electrons. The van der Waals surface area contributed by atoms with E-state index in [1.54, 1.807) is 17.4 Å². The first kappa shape index (κ1) is 12.4. The molecule has 2 heterocycles. The Kier molecular flexibility index (Phi) is 4.02. The maximum absolute atomic E-state index is 11.7. The topological polar surface area (TPSA) is 42.2 Å². The third-order valence-corrected chi connectivity index (χ3v) is 3.96. The number of hydrogen-bond donors (Lipinski definition) is 1. The minimum absolute atomic E-state index is 0.120. The number of carbonyl (C=O) groups excluding carboxylic acids is 1. The number of carbonyl (C=O) groups is 1. The summed E-state index contributed by atoms with van der Waals surface area (Å²) in [6.07, 6.45) is 2.47. The second-order valence-corrected chi connectivity index (χ2v) is 5.58. The molecule has 0 radical (unpaired) electrons. The van der Waals surface area contributed by atoms with Crippen LogP contribution in [0, 0.1) is 0 Å². The van der Waals surface area contributed by atoms with E-state index in [2.05, 4.69) is 40.3 Å². The molecule has 0 spiro atoms. The molecule has 2 rings (SSSR count). The molecule has 2 aromatic rings. The highest BCUT2D eigenvalue weighted by molar-refractivity contribution is 9.10. The smallest absolute Gasteiger partial charge is 0.254 e. The van der Waals surface area contributed by atoms with E-state index in [9.17, 15) is 4.79 Å². The van der Waals surface area contributed by atoms with Gasteiger partial charge in [-0.1, -0.05) is 6.92 Å². The minimum atomic E-state index is -0.120. The number of rotatable bonds is 4. The lowest BCUT2D eigenvalue weighted by atomic mass is 10.3. The number of amides is 1. The lowest BCUT2D eigenvalue weighted by molar-refractivity contribution is 0.0950. The fraction of sp³-hybridized carbons (Fsp3) is 0.250. The molecule has 0 fully saturated rings. The van der Waals surface area contributed by atoms with Gasteiger partial charge in [0.2, 0.25) is 0 Å². The monoisotopic (exact) mass is 313 g/mol. The van der Waals surface area contributed by atoms with Crippen LogP contribution in [0.25, 0.3) is 0 Å². The third-order valence-electron chi connectivity index (χ3n) is 2.32. The molecule has 0 aromatic carbocycles. The van der Waals surface area contributed by atoms with Gasteiger partial charge in [0, 0.05) is 15.8 Å². The standard InChI is InChI=1S/C12H12BrNO2S/c1-2-9-3-4-10(17-9)6-14-12(15)8-5-11(13)16-7-8/h3-5,7H,2,6H2,1H3,(H,14,15). The van der Waals surface area contributed by atoms with Crippen LogP contribution in [0.5, 0.6) is 0 Å². The van der Waals surface area contributed by atoms with Crippen molar-refractivity contribution in [1.82, 2.24) is 5.32 Å². The van der Waals surface area contributed by atoms with E-state index in [4.69, 9.17) is 4.42 Å². The van der Waals surface area contributed by atoms with Gasteiger partial charge in [-0.2, -0.15) is 0 Å². The van der Waals surface area contributed by atoms with Crippen molar-refractivity contribution in [2.75, 3.05) is 0 Å². The quantitative estimate of drug-likeness (QED) is 0.937. The van der Waals surface area contributed by atoms with Gasteiger partial charge >= 0.3 is 0 Å². The van der Waals surface area contributed by atoms with Crippen molar-refractivity contribution >= 4 is 33.2 Å². The minimum Gasteiger partial charge on any atom is -0.457 e. The first-order chi connectivity index (χ1) is 8.19. The zero-order valence-corrected chi connectivity index (χ0v) is 11.7. The van der Waals surface area contributed by atoms with E-state index in [1.807, 2.05) is 0 Å². The lowest BCUT2D eigenvalue weighted by Crippen LogP contribution is -2.21. The molecule has 2 aromatic heterocycles. The van der Waals surface area contributed by atoms with Crippen molar-refractivity contribution in [3.63, 3.8) is 0 Å². The van der Waals surface area contributed by atoms with Crippen LogP contribution in [-0.2, 0) is 13.0 Å². The van der Waals surface area contributed by atoms with Crippen molar-refractivity contribution in [3.8, 4) is 0 Å². The zero-order valence-electron chi connectivity index (χ0n) is 9.33. The Labute approximate surface area is 112 Å². The molecule has 0 atom stereocenters. The predicted molar refractivity (Wildman–Crippen MR) is 71.3 cm³/mol. The summed E-state index contributed by atoms with van der Waals surface area (Å²) in [5.41, 5.74) is 0.532. The second kappa shape index (κ2) is 5.51. The second-order valence-electron chi connectivity index (χ2n) is 3.54. The molecule has 0 unspecified atom stereocenters. The van der Waals surface area contributed by atoms with Crippen LogP contribution in [0.15, 0.2) is 33.5 Å². The fourth-order valence-corrected chi connectivity index (χ4v) is 2.64. The van der Waals surface area contributed by atoms with E-state index in [0.717, 1.165) is 11.3 Å². The summed E-state index contributed by atoms with van der Waals surface area (Å²) in [5.74, 6) is -0.120. The summed E-state index contributed by atoms with van der Waals surface area (Å²) in [6, 6.07) is 5.80. The number of nitrogens with one attached hydrogen (secondary N) is 1. The Hall–Kier alpha value is -1.07. The van der Waals surface area contributed by atoms with Gasteiger partial charge < -0.3 is 9.73 Å². The molecule has 1 N–H and O–H groups in total. The summed E-state index contributed by atoms with van der Waals surface area (Å²) in [5, 5.41) is 2.86. The average molecular weight is 314 g/mol. The van der Waals surface area contributed by atoms with Crippen LogP contribution in [0.1, 0.15) is 27.0 Å². The summed E-state index contributed by atoms with van der Waals surface area (Å²) in [7, 11) is 0. The molecule has 3 nitrogen and oxygen atoms in total. The Morgan fingerprint density at radius 2 is 2.24 bits per heavy atom. The van der Waals surface area contributed by atoms with E-state index in [1.165, 1.54) is 11.1 Å². The fourth-order valence-electron chi connectivity index (χ4n) is 1.41. The molecule has 0 aliphatic rings. The Morgan fingerprint density at radius 1 is 1.47 bits per heavy atom. The molecule has 5 heteroatoms. The number of furan rings is 1. The molecule has 0 bridgehead atoms. The van der Waals surface area contributed by atoms with Crippen LogP contribution in [0.2, 0.25) is 0 Å². The predicted octanol–water partition coefficient (Wildman–Crippen LogP) is 3.60. The van der Waals surface area contributed by atoms with E-state index < -0.39 is 0 Å². The molecule has 0 saturated heterocycles. The van der Waals surface area contributed by atoms with Crippen LogP contribution < -0.4 is 5.32 Å². The van der Waals surface area contributed by atoms with Crippen molar-refractivity contribution in [2.24, 2.45) is 0 Å². The maximum Gasteiger partial charge on any atom is 0.254 e. The normalized spacial score (nSPS) is 10.5. The largest absolute Gasteiger partial charge is 0.457 e. The van der Waals surface area contributed by atoms with Crippen molar-refractivity contribution in [2.45, 2.75) is 19.9 Å². The van der Waals surface area contributed by atoms with Gasteiger partial charge in [0.1, 0.15) is 6.26 Å². The van der Waals surface area contributed by atoms with E-state index >= 15 is 0 Å². The van der Waals surface area contributed by atoms with Crippen molar-refractivity contribution in [1.29, 1.82) is 0 Å². The van der Waals surface area contributed by atoms with Gasteiger partial charge in [0.15, 0.2) is 4.67 Å². The third kappa shape index (κ3) is 3.20. The Balaban J connectivity index is 1.92. The highest BCUT2D eigenvalue weighted by Crippen LogP contribution is 2.17. The van der Waals surface area contributed by atoms with Crippen LogP contribution in [-0.4, -0.2) is 5.91 Å². The van der Waals surface area contributed by atoms with Gasteiger partial charge in [-0.15, -0.1) is 11.3 Å². The first-order valence-electron chi connectivity index (χ1n) is 5.29. The van der Waals surface area contributed by atoms with Crippen LogP contribution in [0.3, 0.4) is 0 Å². The molecule has 0 saturated carbocycles. The summed E-state index contributed by atoms with van der Waals surface area (Å²) in [6.45, 7) is 2.68. The molecule has 1 amide bonds. The van der Waals surface area contributed by atoms with Gasteiger partial charge in [-0.05, 0) is 34.5 Å². The van der Waals surface area contributed by atoms with E-state index in [-0.39, 0.29) is 5.91 Å². The molecular formula is C12H12BrNO2S. The summed E-state index contributed by atoms with van der Waals surface area (Å²) >= 11 is 4.89. The molecule has 17 heavy (non-hydrogen) atoms. The highest BCUT2D eigenvalue weighted by atomic mass is 79.9. The lowest BCUT2D eigenvalue weighted by Gasteiger charge is -2.00. The van der Waals surface area contributed by atoms with Crippen molar-refractivity contribution < 1.29 is 9.21 Å². The SMILES string of the molecule is CCc1ccc(CNC(=O)c2coc(Br)c2)s1. The Morgan fingerprint density at radius 3 is 2.82 bits per heavy atom. The van der Waals surface area contributed by atoms with Gasteiger partial charge in [-0.3, -0.25) is 4.79 Å². The number of thiophene rings is 1. The highest BCUT2D eigenvalue weighted by Gasteiger charge is 2.09. The number of halogens is 1. The van der Waals surface area contributed by atoms with E-state index in [0.29, 0.717) is 16.8 Å².